The van der Waals surface area contributed by atoms with Crippen molar-refractivity contribution in [1.29, 1.82) is 0 Å². The zero-order valence-electron chi connectivity index (χ0n) is 15.5. The fourth-order valence-corrected chi connectivity index (χ4v) is 4.33. The zero-order chi connectivity index (χ0) is 18.8. The van der Waals surface area contributed by atoms with Crippen LogP contribution in [0.25, 0.3) is 11.2 Å². The van der Waals surface area contributed by atoms with Gasteiger partial charge in [0.1, 0.15) is 0 Å². The van der Waals surface area contributed by atoms with E-state index in [0.717, 1.165) is 30.5 Å². The van der Waals surface area contributed by atoms with Crippen LogP contribution in [-0.2, 0) is 25.4 Å². The molecule has 1 aliphatic rings. The van der Waals surface area contributed by atoms with Crippen molar-refractivity contribution in [3.63, 3.8) is 0 Å². The van der Waals surface area contributed by atoms with Crippen molar-refractivity contribution in [2.75, 3.05) is 18.8 Å². The van der Waals surface area contributed by atoms with E-state index in [-0.39, 0.29) is 17.2 Å². The van der Waals surface area contributed by atoms with Crippen molar-refractivity contribution in [2.24, 2.45) is 14.1 Å². The first-order valence-electron chi connectivity index (χ1n) is 9.02. The van der Waals surface area contributed by atoms with E-state index in [0.29, 0.717) is 22.9 Å². The number of carbonyl (C=O) groups excluding carboxylic acids is 1. The predicted octanol–water partition coefficient (Wildman–Crippen LogP) is 0.948. The summed E-state index contributed by atoms with van der Waals surface area (Å²) in [7, 11) is 3.07. The molecule has 142 valence electrons. The highest BCUT2D eigenvalue weighted by Crippen LogP contribution is 2.22. The van der Waals surface area contributed by atoms with Crippen LogP contribution >= 0.6 is 11.8 Å². The summed E-state index contributed by atoms with van der Waals surface area (Å²) in [6, 6.07) is 0. The Bertz CT molecular complexity index is 934. The number of likely N-dealkylation sites (tertiary alicyclic amines) is 1. The molecule has 3 rings (SSSR count). The van der Waals surface area contributed by atoms with Gasteiger partial charge in [-0.15, -0.1) is 0 Å². The molecular weight excluding hydrogens is 354 g/mol. The van der Waals surface area contributed by atoms with Gasteiger partial charge in [0.15, 0.2) is 16.3 Å². The molecule has 2 aromatic heterocycles. The van der Waals surface area contributed by atoms with E-state index in [1.807, 2.05) is 11.8 Å². The summed E-state index contributed by atoms with van der Waals surface area (Å²) in [5, 5.41) is 0.601. The van der Waals surface area contributed by atoms with E-state index in [9.17, 15) is 14.4 Å². The molecule has 0 spiro atoms. The second-order valence-electron chi connectivity index (χ2n) is 6.60. The van der Waals surface area contributed by atoms with Gasteiger partial charge in [0.2, 0.25) is 5.91 Å². The molecule has 1 aliphatic heterocycles. The van der Waals surface area contributed by atoms with Crippen LogP contribution in [0.15, 0.2) is 14.7 Å². The van der Waals surface area contributed by atoms with Gasteiger partial charge < -0.3 is 9.47 Å². The van der Waals surface area contributed by atoms with Crippen LogP contribution in [0.3, 0.4) is 0 Å². The molecule has 0 saturated carbocycles. The number of rotatable bonds is 4. The molecule has 0 atom stereocenters. The Hall–Kier alpha value is -2.03. The highest BCUT2D eigenvalue weighted by Gasteiger charge is 2.21. The van der Waals surface area contributed by atoms with Crippen molar-refractivity contribution < 1.29 is 4.79 Å². The zero-order valence-corrected chi connectivity index (χ0v) is 16.3. The lowest BCUT2D eigenvalue weighted by Gasteiger charge is -2.19. The molecule has 1 fully saturated rings. The molecule has 0 N–H and O–H groups in total. The smallest absolute Gasteiger partial charge is 0.332 e. The van der Waals surface area contributed by atoms with Crippen molar-refractivity contribution in [1.82, 2.24) is 23.6 Å². The summed E-state index contributed by atoms with van der Waals surface area (Å²) in [6.07, 6.45) is 4.48. The van der Waals surface area contributed by atoms with E-state index in [4.69, 9.17) is 0 Å². The Morgan fingerprint density at radius 1 is 1.08 bits per heavy atom. The van der Waals surface area contributed by atoms with Crippen LogP contribution in [0, 0.1) is 0 Å². The van der Waals surface area contributed by atoms with Crippen LogP contribution < -0.4 is 11.2 Å². The summed E-state index contributed by atoms with van der Waals surface area (Å²) < 4.78 is 4.26. The number of hydrogen-bond donors (Lipinski definition) is 0. The third kappa shape index (κ3) is 3.32. The molecule has 0 radical (unpaired) electrons. The standard InChI is InChI=1S/C17H25N5O3S/c1-4-22-13-14(19(2)17(25)20(3)15(13)24)18-16(22)26-11-12(23)21-9-7-5-6-8-10-21/h4-11H2,1-3H3. The first-order valence-corrected chi connectivity index (χ1v) is 10.0. The van der Waals surface area contributed by atoms with E-state index < -0.39 is 5.69 Å². The largest absolute Gasteiger partial charge is 0.342 e. The molecule has 0 aliphatic carbocycles. The average molecular weight is 379 g/mol. The third-order valence-electron chi connectivity index (χ3n) is 4.91. The SMILES string of the molecule is CCn1c(SCC(=O)N2CCCCCC2)nc2c1c(=O)n(C)c(=O)n2C. The Morgan fingerprint density at radius 2 is 1.73 bits per heavy atom. The van der Waals surface area contributed by atoms with Crippen molar-refractivity contribution >= 4 is 28.8 Å². The summed E-state index contributed by atoms with van der Waals surface area (Å²) in [6.45, 7) is 4.10. The van der Waals surface area contributed by atoms with Crippen molar-refractivity contribution in [3.8, 4) is 0 Å². The van der Waals surface area contributed by atoms with E-state index >= 15 is 0 Å². The number of carbonyl (C=O) groups is 1. The Morgan fingerprint density at radius 3 is 2.35 bits per heavy atom. The second kappa shape index (κ2) is 7.69. The number of hydrogen-bond acceptors (Lipinski definition) is 5. The van der Waals surface area contributed by atoms with Gasteiger partial charge in [-0.25, -0.2) is 9.78 Å². The first-order chi connectivity index (χ1) is 12.5. The van der Waals surface area contributed by atoms with Crippen LogP contribution in [0.5, 0.6) is 0 Å². The molecule has 1 saturated heterocycles. The lowest BCUT2D eigenvalue weighted by Crippen LogP contribution is -2.37. The van der Waals surface area contributed by atoms with Gasteiger partial charge in [0.25, 0.3) is 5.56 Å². The summed E-state index contributed by atoms with van der Waals surface area (Å²) >= 11 is 1.33. The fraction of sp³-hybridized carbons (Fsp3) is 0.647. The number of aromatic nitrogens is 4. The molecule has 9 heteroatoms. The maximum absolute atomic E-state index is 12.5. The fourth-order valence-electron chi connectivity index (χ4n) is 3.37. The normalized spacial score (nSPS) is 15.4. The van der Waals surface area contributed by atoms with Gasteiger partial charge in [-0.3, -0.25) is 18.7 Å². The maximum atomic E-state index is 12.5. The quantitative estimate of drug-likeness (QED) is 0.739. The molecule has 8 nitrogen and oxygen atoms in total. The topological polar surface area (TPSA) is 82.1 Å². The van der Waals surface area contributed by atoms with Crippen LogP contribution in [0.2, 0.25) is 0 Å². The molecule has 0 unspecified atom stereocenters. The highest BCUT2D eigenvalue weighted by atomic mass is 32.2. The molecule has 2 aromatic rings. The van der Waals surface area contributed by atoms with Crippen molar-refractivity contribution in [2.45, 2.75) is 44.3 Å². The van der Waals surface area contributed by atoms with Gasteiger partial charge >= 0.3 is 5.69 Å². The average Bonchev–Trinajstić information content (AvgIpc) is 2.81. The second-order valence-corrected chi connectivity index (χ2v) is 7.54. The molecule has 3 heterocycles. The minimum atomic E-state index is -0.402. The van der Waals surface area contributed by atoms with E-state index in [1.165, 1.54) is 36.2 Å². The molecule has 0 aromatic carbocycles. The number of amides is 1. The van der Waals surface area contributed by atoms with Gasteiger partial charge in [-0.2, -0.15) is 0 Å². The monoisotopic (exact) mass is 379 g/mol. The Labute approximate surface area is 155 Å². The Balaban J connectivity index is 1.89. The van der Waals surface area contributed by atoms with E-state index in [2.05, 4.69) is 4.98 Å². The maximum Gasteiger partial charge on any atom is 0.332 e. The highest BCUT2D eigenvalue weighted by molar-refractivity contribution is 7.99. The minimum Gasteiger partial charge on any atom is -0.342 e. The van der Waals surface area contributed by atoms with Crippen LogP contribution in [0.4, 0.5) is 0 Å². The molecule has 1 amide bonds. The number of thioether (sulfide) groups is 1. The Kier molecular flexibility index (Phi) is 5.55. The summed E-state index contributed by atoms with van der Waals surface area (Å²) in [5.74, 6) is 0.394. The number of imidazole rings is 1. The van der Waals surface area contributed by atoms with E-state index in [1.54, 1.807) is 11.6 Å². The third-order valence-corrected chi connectivity index (χ3v) is 5.87. The number of nitrogens with zero attached hydrogens (tertiary/aromatic N) is 5. The lowest BCUT2D eigenvalue weighted by molar-refractivity contribution is -0.128. The van der Waals surface area contributed by atoms with Gasteiger partial charge in [0.05, 0.1) is 5.75 Å². The van der Waals surface area contributed by atoms with Crippen molar-refractivity contribution in [3.05, 3.63) is 20.8 Å². The summed E-state index contributed by atoms with van der Waals surface area (Å²) in [4.78, 5) is 43.6. The predicted molar refractivity (Wildman–Crippen MR) is 102 cm³/mol. The summed E-state index contributed by atoms with van der Waals surface area (Å²) in [5.41, 5.74) is 0.00934. The van der Waals surface area contributed by atoms with Gasteiger partial charge in [-0.1, -0.05) is 24.6 Å². The van der Waals surface area contributed by atoms with Gasteiger partial charge in [0, 0.05) is 33.7 Å². The number of fused-ring (bicyclic) bond motifs is 1. The molecular formula is C17H25N5O3S. The van der Waals surface area contributed by atoms with Crippen LogP contribution in [-0.4, -0.2) is 48.3 Å². The van der Waals surface area contributed by atoms with Gasteiger partial charge in [-0.05, 0) is 19.8 Å². The molecule has 0 bridgehead atoms. The minimum absolute atomic E-state index is 0.105. The lowest BCUT2D eigenvalue weighted by atomic mass is 10.2. The van der Waals surface area contributed by atoms with Crippen LogP contribution in [0.1, 0.15) is 32.6 Å². The molecule has 26 heavy (non-hydrogen) atoms. The number of aryl methyl sites for hydroxylation is 2. The first kappa shape index (κ1) is 18.8.